The summed E-state index contributed by atoms with van der Waals surface area (Å²) < 4.78 is 7.96. The van der Waals surface area contributed by atoms with Gasteiger partial charge >= 0.3 is 0 Å². The minimum atomic E-state index is -0.604. The molecule has 9 nitrogen and oxygen atoms in total. The number of halogens is 1. The summed E-state index contributed by atoms with van der Waals surface area (Å²) in [4.78, 5) is 22.9. The summed E-state index contributed by atoms with van der Waals surface area (Å²) in [7, 11) is 0. The molecular weight excluding hydrogens is 478 g/mol. The van der Waals surface area contributed by atoms with Crippen LogP contribution in [0.3, 0.4) is 0 Å². The lowest BCUT2D eigenvalue weighted by Gasteiger charge is -2.17. The molecule has 2 aromatic carbocycles. The Kier molecular flexibility index (Phi) is 8.30. The molecule has 1 N–H and O–H groups in total. The first-order valence-corrected chi connectivity index (χ1v) is 11.7. The number of rotatable bonds is 10. The van der Waals surface area contributed by atoms with E-state index in [2.05, 4.69) is 22.1 Å². The highest BCUT2D eigenvalue weighted by Crippen LogP contribution is 2.29. The molecule has 178 valence electrons. The Balaban J connectivity index is 1.69. The number of nitrogens with zero attached hydrogens (tertiary/aromatic N) is 4. The van der Waals surface area contributed by atoms with Crippen molar-refractivity contribution in [2.75, 3.05) is 11.1 Å². The molecule has 0 spiro atoms. The minimum absolute atomic E-state index is 0.000370. The molecule has 0 radical (unpaired) electrons. The fraction of sp³-hybridized carbons (Fsp3) is 0.261. The third-order valence-electron chi connectivity index (χ3n) is 4.81. The number of nitrogens with one attached hydrogen (secondary N) is 1. The second-order valence-electron chi connectivity index (χ2n) is 7.53. The summed E-state index contributed by atoms with van der Waals surface area (Å²) in [6, 6.07) is 10.0. The molecule has 1 unspecified atom stereocenters. The van der Waals surface area contributed by atoms with Gasteiger partial charge in [0.25, 0.3) is 5.69 Å². The Morgan fingerprint density at radius 2 is 2.09 bits per heavy atom. The van der Waals surface area contributed by atoms with Crippen LogP contribution in [0.25, 0.3) is 0 Å². The van der Waals surface area contributed by atoms with Crippen molar-refractivity contribution >= 4 is 40.6 Å². The molecule has 0 aliphatic carbocycles. The van der Waals surface area contributed by atoms with Crippen LogP contribution in [0.15, 0.2) is 54.2 Å². The summed E-state index contributed by atoms with van der Waals surface area (Å²) in [5.74, 6) is 1.04. The van der Waals surface area contributed by atoms with Gasteiger partial charge in [-0.05, 0) is 44.5 Å². The lowest BCUT2D eigenvalue weighted by molar-refractivity contribution is -0.384. The average Bonchev–Trinajstić information content (AvgIpc) is 3.18. The maximum absolute atomic E-state index is 12.4. The van der Waals surface area contributed by atoms with Crippen LogP contribution in [0, 0.1) is 24.0 Å². The van der Waals surface area contributed by atoms with Gasteiger partial charge in [0, 0.05) is 18.3 Å². The quantitative estimate of drug-likeness (QED) is 0.168. The number of nitro benzene ring substituents is 1. The number of aromatic nitrogens is 3. The van der Waals surface area contributed by atoms with E-state index in [0.717, 1.165) is 16.9 Å². The number of carbonyl (C=O) groups excluding carboxylic acids is 1. The van der Waals surface area contributed by atoms with E-state index >= 15 is 0 Å². The topological polar surface area (TPSA) is 112 Å². The maximum Gasteiger partial charge on any atom is 0.289 e. The predicted molar refractivity (Wildman–Crippen MR) is 133 cm³/mol. The second-order valence-corrected chi connectivity index (χ2v) is 8.88. The van der Waals surface area contributed by atoms with Crippen molar-refractivity contribution in [3.8, 4) is 5.75 Å². The molecule has 0 saturated carbocycles. The molecule has 0 aliphatic rings. The summed E-state index contributed by atoms with van der Waals surface area (Å²) in [5, 5.41) is 22.7. The molecular formula is C23H24ClN5O4S. The van der Waals surface area contributed by atoms with Gasteiger partial charge < -0.3 is 10.1 Å². The average molecular weight is 502 g/mol. The molecule has 0 bridgehead atoms. The molecule has 11 heteroatoms. The first-order valence-electron chi connectivity index (χ1n) is 10.3. The Morgan fingerprint density at radius 1 is 1.32 bits per heavy atom. The summed E-state index contributed by atoms with van der Waals surface area (Å²) >= 11 is 7.01. The fourth-order valence-electron chi connectivity index (χ4n) is 3.24. The number of ether oxygens (including phenoxy) is 1. The van der Waals surface area contributed by atoms with Crippen molar-refractivity contribution in [3.63, 3.8) is 0 Å². The maximum atomic E-state index is 12.4. The third-order valence-corrected chi connectivity index (χ3v) is 6.10. The van der Waals surface area contributed by atoms with E-state index in [0.29, 0.717) is 17.5 Å². The predicted octanol–water partition coefficient (Wildman–Crippen LogP) is 5.51. The first kappa shape index (κ1) is 25.3. The normalized spacial score (nSPS) is 11.6. The Labute approximate surface area is 206 Å². The Morgan fingerprint density at radius 3 is 2.76 bits per heavy atom. The standard InChI is InChI=1S/C23H24ClN5O4S/c1-5-10-28-22(16(4)33-20-9-6-14(2)11-15(20)3)26-27-23(28)34-13-21(30)25-17-7-8-18(24)19(12-17)29(31)32/h5-9,11-12,16H,1,10,13H2,2-4H3,(H,25,30). The van der Waals surface area contributed by atoms with Crippen LogP contribution in [-0.4, -0.2) is 31.3 Å². The Bertz CT molecular complexity index is 1230. The third kappa shape index (κ3) is 6.15. The van der Waals surface area contributed by atoms with Crippen molar-refractivity contribution < 1.29 is 14.5 Å². The van der Waals surface area contributed by atoms with Gasteiger partial charge in [-0.15, -0.1) is 16.8 Å². The van der Waals surface area contributed by atoms with E-state index in [1.165, 1.54) is 30.0 Å². The molecule has 0 fully saturated rings. The molecule has 1 atom stereocenters. The first-order chi connectivity index (χ1) is 16.2. The number of amides is 1. The lowest BCUT2D eigenvalue weighted by Crippen LogP contribution is -2.15. The van der Waals surface area contributed by atoms with Gasteiger partial charge in [0.1, 0.15) is 10.8 Å². The zero-order chi connectivity index (χ0) is 24.8. The number of nitro groups is 1. The number of hydrogen-bond acceptors (Lipinski definition) is 7. The SMILES string of the molecule is C=CCn1c(SCC(=O)Nc2ccc(Cl)c([N+](=O)[O-])c2)nnc1C(C)Oc1ccc(C)cc1C. The van der Waals surface area contributed by atoms with Crippen LogP contribution in [0.5, 0.6) is 5.75 Å². The van der Waals surface area contributed by atoms with Crippen molar-refractivity contribution in [2.24, 2.45) is 0 Å². The number of thioether (sulfide) groups is 1. The van der Waals surface area contributed by atoms with E-state index in [4.69, 9.17) is 16.3 Å². The van der Waals surface area contributed by atoms with Crippen LogP contribution < -0.4 is 10.1 Å². The molecule has 0 saturated heterocycles. The number of benzene rings is 2. The summed E-state index contributed by atoms with van der Waals surface area (Å²) in [5.41, 5.74) is 2.18. The monoisotopic (exact) mass is 501 g/mol. The summed E-state index contributed by atoms with van der Waals surface area (Å²) in [6.07, 6.45) is 1.33. The van der Waals surface area contributed by atoms with Crippen LogP contribution in [-0.2, 0) is 11.3 Å². The van der Waals surface area contributed by atoms with Gasteiger partial charge in [0.15, 0.2) is 17.1 Å². The van der Waals surface area contributed by atoms with Crippen LogP contribution in [0.2, 0.25) is 5.02 Å². The molecule has 1 amide bonds. The van der Waals surface area contributed by atoms with Gasteiger partial charge in [-0.3, -0.25) is 19.5 Å². The summed E-state index contributed by atoms with van der Waals surface area (Å²) in [6.45, 7) is 10.1. The van der Waals surface area contributed by atoms with E-state index in [-0.39, 0.29) is 34.2 Å². The Hall–Kier alpha value is -3.37. The second kappa shape index (κ2) is 11.2. The smallest absolute Gasteiger partial charge is 0.289 e. The van der Waals surface area contributed by atoms with Crippen LogP contribution in [0.4, 0.5) is 11.4 Å². The van der Waals surface area contributed by atoms with Crippen LogP contribution in [0.1, 0.15) is 30.0 Å². The van der Waals surface area contributed by atoms with Crippen molar-refractivity contribution in [2.45, 2.75) is 38.6 Å². The van der Waals surface area contributed by atoms with Crippen molar-refractivity contribution in [1.29, 1.82) is 0 Å². The van der Waals surface area contributed by atoms with Gasteiger partial charge in [-0.1, -0.05) is 47.1 Å². The highest BCUT2D eigenvalue weighted by atomic mass is 35.5. The van der Waals surface area contributed by atoms with E-state index in [1.54, 1.807) is 6.08 Å². The molecule has 3 aromatic rings. The van der Waals surface area contributed by atoms with E-state index in [1.807, 2.05) is 43.5 Å². The van der Waals surface area contributed by atoms with Crippen molar-refractivity contribution in [3.05, 3.63) is 81.1 Å². The fourth-order valence-corrected chi connectivity index (χ4v) is 4.18. The zero-order valence-electron chi connectivity index (χ0n) is 18.9. The number of carbonyl (C=O) groups is 1. The van der Waals surface area contributed by atoms with Crippen LogP contribution >= 0.6 is 23.4 Å². The number of hydrogen-bond donors (Lipinski definition) is 1. The van der Waals surface area contributed by atoms with E-state index < -0.39 is 4.92 Å². The minimum Gasteiger partial charge on any atom is -0.482 e. The van der Waals surface area contributed by atoms with Gasteiger partial charge in [-0.2, -0.15) is 0 Å². The number of anilines is 1. The highest BCUT2D eigenvalue weighted by molar-refractivity contribution is 7.99. The molecule has 1 heterocycles. The molecule has 0 aliphatic heterocycles. The van der Waals surface area contributed by atoms with Crippen molar-refractivity contribution in [1.82, 2.24) is 14.8 Å². The number of allylic oxidation sites excluding steroid dienone is 1. The van der Waals surface area contributed by atoms with Gasteiger partial charge in [0.2, 0.25) is 5.91 Å². The highest BCUT2D eigenvalue weighted by Gasteiger charge is 2.21. The lowest BCUT2D eigenvalue weighted by atomic mass is 10.1. The molecule has 34 heavy (non-hydrogen) atoms. The molecule has 3 rings (SSSR count). The zero-order valence-corrected chi connectivity index (χ0v) is 20.5. The van der Waals surface area contributed by atoms with Gasteiger partial charge in [-0.25, -0.2) is 0 Å². The number of aryl methyl sites for hydroxylation is 2. The van der Waals surface area contributed by atoms with Gasteiger partial charge in [0.05, 0.1) is 10.7 Å². The largest absolute Gasteiger partial charge is 0.482 e. The van der Waals surface area contributed by atoms with E-state index in [9.17, 15) is 14.9 Å². The molecule has 1 aromatic heterocycles.